The van der Waals surface area contributed by atoms with Crippen LogP contribution >= 0.6 is 0 Å². The number of imidazole rings is 1. The Morgan fingerprint density at radius 1 is 1.38 bits per heavy atom. The van der Waals surface area contributed by atoms with Gasteiger partial charge in [0.1, 0.15) is 6.54 Å². The highest BCUT2D eigenvalue weighted by Gasteiger charge is 2.40. The molecule has 2 aromatic heterocycles. The number of aliphatic carboxylic acids is 1. The maximum Gasteiger partial charge on any atom is 0.323 e. The summed E-state index contributed by atoms with van der Waals surface area (Å²) in [5.74, 6) is -1.31. The molecule has 1 aliphatic heterocycles. The number of aryl methyl sites for hydroxylation is 1. The summed E-state index contributed by atoms with van der Waals surface area (Å²) in [5.41, 5.74) is -0.281. The summed E-state index contributed by atoms with van der Waals surface area (Å²) in [5, 5.41) is 28.7. The van der Waals surface area contributed by atoms with Gasteiger partial charge in [-0.2, -0.15) is 4.98 Å². The average Bonchev–Trinajstić information content (AvgIpc) is 2.94. The fraction of sp³-hybridized carbons (Fsp3) is 0.455. The molecule has 0 aromatic carbocycles. The van der Waals surface area contributed by atoms with Crippen molar-refractivity contribution in [2.24, 2.45) is 0 Å². The van der Waals surface area contributed by atoms with Gasteiger partial charge in [0.15, 0.2) is 23.6 Å². The molecular formula is C11H13N5O5. The Labute approximate surface area is 117 Å². The molecule has 0 saturated carbocycles. The predicted octanol–water partition coefficient (Wildman–Crippen LogP) is -1.67. The van der Waals surface area contributed by atoms with Gasteiger partial charge in [0.25, 0.3) is 5.56 Å². The molecule has 112 valence electrons. The number of aromatic nitrogens is 4. The van der Waals surface area contributed by atoms with E-state index in [1.807, 2.05) is 6.92 Å². The van der Waals surface area contributed by atoms with E-state index < -0.39 is 30.5 Å². The number of hydrogen-bond acceptors (Lipinski definition) is 7. The molecule has 10 heteroatoms. The van der Waals surface area contributed by atoms with Gasteiger partial charge in [-0.1, -0.05) is 0 Å². The summed E-state index contributed by atoms with van der Waals surface area (Å²) in [6.07, 6.45) is -1.70. The first-order valence-corrected chi connectivity index (χ1v) is 6.27. The number of fused-ring (bicyclic) bond motifs is 2. The number of carbonyl (C=O) groups is 1. The first kappa shape index (κ1) is 13.5. The average molecular weight is 295 g/mol. The molecule has 0 amide bonds. The van der Waals surface area contributed by atoms with Crippen LogP contribution in [0.3, 0.4) is 0 Å². The highest BCUT2D eigenvalue weighted by atomic mass is 16.4. The highest BCUT2D eigenvalue weighted by molar-refractivity contribution is 5.76. The monoisotopic (exact) mass is 295 g/mol. The molecule has 1 aliphatic rings. The van der Waals surface area contributed by atoms with Crippen molar-refractivity contribution in [1.29, 1.82) is 0 Å². The smallest absolute Gasteiger partial charge is 0.323 e. The van der Waals surface area contributed by atoms with Crippen molar-refractivity contribution >= 4 is 23.1 Å². The zero-order chi connectivity index (χ0) is 15.3. The number of nitrogens with zero attached hydrogens (tertiary/aromatic N) is 5. The van der Waals surface area contributed by atoms with Crippen LogP contribution in [0.4, 0.5) is 5.95 Å². The van der Waals surface area contributed by atoms with Gasteiger partial charge in [-0.3, -0.25) is 9.59 Å². The summed E-state index contributed by atoms with van der Waals surface area (Å²) >= 11 is 0. The molecule has 3 heterocycles. The van der Waals surface area contributed by atoms with Crippen LogP contribution in [-0.2, 0) is 11.3 Å². The Balaban J connectivity index is 2.27. The van der Waals surface area contributed by atoms with Crippen LogP contribution in [0, 0.1) is 0 Å². The standard InChI is InChI=1S/C11H13N5O5/c1-2-14-4-12-6-7(14)13-11-15(3-5(17)18)9(20)10(21)16(11)8(6)19/h4,9-10,20-21H,2-3H2,1H3,(H,17,18)/t9-,10-/m0/s1. The van der Waals surface area contributed by atoms with Crippen molar-refractivity contribution in [3.63, 3.8) is 0 Å². The molecule has 3 N–H and O–H groups in total. The number of hydrogen-bond donors (Lipinski definition) is 3. The Kier molecular flexibility index (Phi) is 2.92. The number of anilines is 1. The fourth-order valence-corrected chi connectivity index (χ4v) is 2.39. The molecule has 10 nitrogen and oxygen atoms in total. The van der Waals surface area contributed by atoms with E-state index in [1.54, 1.807) is 4.57 Å². The van der Waals surface area contributed by atoms with Crippen LogP contribution in [-0.4, -0.2) is 53.2 Å². The lowest BCUT2D eigenvalue weighted by molar-refractivity contribution is -0.136. The van der Waals surface area contributed by atoms with E-state index in [1.165, 1.54) is 6.33 Å². The van der Waals surface area contributed by atoms with Gasteiger partial charge in [0.2, 0.25) is 5.95 Å². The summed E-state index contributed by atoms with van der Waals surface area (Å²) in [7, 11) is 0. The van der Waals surface area contributed by atoms with Crippen molar-refractivity contribution < 1.29 is 20.1 Å². The molecular weight excluding hydrogens is 282 g/mol. The molecule has 0 spiro atoms. The lowest BCUT2D eigenvalue weighted by Crippen LogP contribution is -2.38. The fourth-order valence-electron chi connectivity index (χ4n) is 2.39. The maximum atomic E-state index is 12.3. The third kappa shape index (κ3) is 1.80. The second-order valence-corrected chi connectivity index (χ2v) is 4.64. The van der Waals surface area contributed by atoms with E-state index >= 15 is 0 Å². The third-order valence-corrected chi connectivity index (χ3v) is 3.41. The Morgan fingerprint density at radius 2 is 2.10 bits per heavy atom. The number of carboxylic acid groups (broad SMARTS) is 1. The molecule has 0 bridgehead atoms. The van der Waals surface area contributed by atoms with E-state index in [0.29, 0.717) is 6.54 Å². The van der Waals surface area contributed by atoms with Crippen LogP contribution in [0.5, 0.6) is 0 Å². The van der Waals surface area contributed by atoms with E-state index in [4.69, 9.17) is 5.11 Å². The summed E-state index contributed by atoms with van der Waals surface area (Å²) < 4.78 is 2.47. The van der Waals surface area contributed by atoms with Gasteiger partial charge < -0.3 is 24.8 Å². The number of aliphatic hydroxyl groups is 2. The summed E-state index contributed by atoms with van der Waals surface area (Å²) in [6.45, 7) is 1.78. The normalized spacial score (nSPS) is 21.0. The Bertz CT molecular complexity index is 781. The minimum Gasteiger partial charge on any atom is -0.480 e. The Morgan fingerprint density at radius 3 is 2.71 bits per heavy atom. The highest BCUT2D eigenvalue weighted by Crippen LogP contribution is 2.29. The molecule has 0 radical (unpaired) electrons. The number of rotatable bonds is 3. The zero-order valence-electron chi connectivity index (χ0n) is 11.0. The second-order valence-electron chi connectivity index (χ2n) is 4.64. The molecule has 0 aliphatic carbocycles. The molecule has 0 unspecified atom stereocenters. The van der Waals surface area contributed by atoms with Crippen molar-refractivity contribution in [1.82, 2.24) is 19.1 Å². The molecule has 2 aromatic rings. The van der Waals surface area contributed by atoms with Gasteiger partial charge in [-0.15, -0.1) is 0 Å². The minimum absolute atomic E-state index is 0.0593. The van der Waals surface area contributed by atoms with Gasteiger partial charge in [-0.25, -0.2) is 9.55 Å². The topological polar surface area (TPSA) is 134 Å². The number of aliphatic hydroxyl groups excluding tert-OH is 2. The van der Waals surface area contributed by atoms with Crippen LogP contribution in [0.1, 0.15) is 13.2 Å². The van der Waals surface area contributed by atoms with Crippen LogP contribution < -0.4 is 10.5 Å². The SMILES string of the molecule is CCn1cnc2c(=O)n3c(nc21)N(CC(=O)O)[C@@H](O)[C@@H]3O. The largest absolute Gasteiger partial charge is 0.480 e. The van der Waals surface area contributed by atoms with E-state index in [-0.39, 0.29) is 17.1 Å². The molecule has 0 fully saturated rings. The van der Waals surface area contributed by atoms with Gasteiger partial charge in [-0.05, 0) is 6.92 Å². The summed E-state index contributed by atoms with van der Waals surface area (Å²) in [6, 6.07) is 0. The molecule has 2 atom stereocenters. The summed E-state index contributed by atoms with van der Waals surface area (Å²) in [4.78, 5) is 32.3. The van der Waals surface area contributed by atoms with Gasteiger partial charge >= 0.3 is 5.97 Å². The third-order valence-electron chi connectivity index (χ3n) is 3.41. The molecule has 21 heavy (non-hydrogen) atoms. The quantitative estimate of drug-likeness (QED) is 0.611. The number of carboxylic acids is 1. The minimum atomic E-state index is -1.59. The van der Waals surface area contributed by atoms with E-state index in [0.717, 1.165) is 9.47 Å². The zero-order valence-corrected chi connectivity index (χ0v) is 11.0. The van der Waals surface area contributed by atoms with Crippen LogP contribution in [0.15, 0.2) is 11.1 Å². The van der Waals surface area contributed by atoms with Crippen molar-refractivity contribution in [2.45, 2.75) is 25.9 Å². The van der Waals surface area contributed by atoms with E-state index in [2.05, 4.69) is 9.97 Å². The van der Waals surface area contributed by atoms with Gasteiger partial charge in [0, 0.05) is 6.54 Å². The first-order valence-electron chi connectivity index (χ1n) is 6.27. The van der Waals surface area contributed by atoms with E-state index in [9.17, 15) is 19.8 Å². The van der Waals surface area contributed by atoms with Crippen molar-refractivity contribution in [3.05, 3.63) is 16.7 Å². The first-order chi connectivity index (χ1) is 9.95. The molecule has 0 saturated heterocycles. The van der Waals surface area contributed by atoms with Crippen LogP contribution in [0.25, 0.3) is 11.2 Å². The van der Waals surface area contributed by atoms with Gasteiger partial charge in [0.05, 0.1) is 6.33 Å². The maximum absolute atomic E-state index is 12.3. The second kappa shape index (κ2) is 4.53. The van der Waals surface area contributed by atoms with Crippen molar-refractivity contribution in [2.75, 3.05) is 11.4 Å². The van der Waals surface area contributed by atoms with Crippen LogP contribution in [0.2, 0.25) is 0 Å². The van der Waals surface area contributed by atoms with Crippen molar-refractivity contribution in [3.8, 4) is 0 Å². The lowest BCUT2D eigenvalue weighted by atomic mass is 10.4. The molecule has 3 rings (SSSR count). The Hall–Kier alpha value is -2.46. The predicted molar refractivity (Wildman–Crippen MR) is 69.7 cm³/mol. The lowest BCUT2D eigenvalue weighted by Gasteiger charge is -2.19.